The second-order valence-corrected chi connectivity index (χ2v) is 8.77. The molecule has 0 aliphatic rings. The maximum absolute atomic E-state index is 14.4. The molecule has 2 rings (SSSR count). The fourth-order valence-corrected chi connectivity index (χ4v) is 2.50. The first-order chi connectivity index (χ1) is 15.9. The van der Waals surface area contributed by atoms with Crippen molar-refractivity contribution in [2.75, 3.05) is 17.7 Å². The molecule has 2 aromatic rings. The fraction of sp³-hybridized carbons (Fsp3) is 0.353. The number of pyridine rings is 1. The number of carbonyl (C=O) groups excluding carboxylic acids is 1. The minimum absolute atomic E-state index is 0.0443. The van der Waals surface area contributed by atoms with Crippen LogP contribution in [0, 0.1) is 11.2 Å². The highest BCUT2D eigenvalue weighted by atomic mass is 19.3. The number of rotatable bonds is 9. The van der Waals surface area contributed by atoms with Gasteiger partial charge in [-0.2, -0.15) is 4.98 Å². The quantitative estimate of drug-likeness (QED) is 0.137. The number of alkyl halides is 2. The molecule has 0 radical (unpaired) electrons. The predicted octanol–water partition coefficient (Wildman–Crippen LogP) is -3.29. The van der Waals surface area contributed by atoms with Gasteiger partial charge in [-0.25, -0.2) is 23.1 Å². The Morgan fingerprint density at radius 3 is 2.46 bits per heavy atom. The smallest absolute Gasteiger partial charge is 0.289 e. The fourth-order valence-electron chi connectivity index (χ4n) is 2.50. The molecule has 1 amide bonds. The standard InChI is InChI=1S/C17H24B4F3N7O4/c1-6(15(23,24)5-34-14(26)27)10-7(22)2-3-8(29-10)30-13(32)11-12(25)31-9(4-28-11)35-17(20,21)16(18,19)33/h2-4,6,33H,5,18-21H2,1H3,(H2,25,31)(H3,26,27)(H,29,30,32)/t6-/m0/s1. The van der Waals surface area contributed by atoms with Crippen LogP contribution in [0.2, 0.25) is 0 Å². The molecule has 0 aromatic carbocycles. The van der Waals surface area contributed by atoms with Crippen LogP contribution in [0.25, 0.3) is 0 Å². The van der Waals surface area contributed by atoms with Crippen molar-refractivity contribution in [3.63, 3.8) is 0 Å². The average molecular weight is 491 g/mol. The number of nitrogens with one attached hydrogen (secondary N) is 2. The number of nitrogens with zero attached hydrogens (tertiary/aromatic N) is 3. The van der Waals surface area contributed by atoms with Crippen molar-refractivity contribution in [3.05, 3.63) is 35.5 Å². The van der Waals surface area contributed by atoms with Gasteiger partial charge < -0.3 is 31.4 Å². The summed E-state index contributed by atoms with van der Waals surface area (Å²) in [6, 6.07) is 1.02. The lowest BCUT2D eigenvalue weighted by Crippen LogP contribution is -2.60. The molecule has 0 saturated heterocycles. The van der Waals surface area contributed by atoms with E-state index in [-0.39, 0.29) is 23.2 Å². The third-order valence-electron chi connectivity index (χ3n) is 5.40. The van der Waals surface area contributed by atoms with E-state index >= 15 is 0 Å². The average Bonchev–Trinajstić information content (AvgIpc) is 2.72. The summed E-state index contributed by atoms with van der Waals surface area (Å²) in [6.45, 7) is -0.246. The molecule has 2 aromatic heterocycles. The van der Waals surface area contributed by atoms with E-state index in [4.69, 9.17) is 21.6 Å². The number of nitrogen functional groups attached to an aromatic ring is 1. The maximum Gasteiger partial charge on any atom is 0.289 e. The number of halogens is 3. The van der Waals surface area contributed by atoms with Gasteiger partial charge in [0.2, 0.25) is 5.88 Å². The van der Waals surface area contributed by atoms with Crippen molar-refractivity contribution in [2.45, 2.75) is 29.6 Å². The van der Waals surface area contributed by atoms with Crippen molar-refractivity contribution < 1.29 is 32.5 Å². The molecule has 0 bridgehead atoms. The topological polar surface area (TPSA) is 182 Å². The van der Waals surface area contributed by atoms with Gasteiger partial charge in [-0.15, -0.1) is 0 Å². The summed E-state index contributed by atoms with van der Waals surface area (Å²) >= 11 is 0. The molecule has 0 fully saturated rings. The summed E-state index contributed by atoms with van der Waals surface area (Å²) in [5, 5.41) is 17.1. The Hall–Kier alpha value is -3.42. The van der Waals surface area contributed by atoms with Crippen molar-refractivity contribution in [1.82, 2.24) is 15.0 Å². The predicted molar refractivity (Wildman–Crippen MR) is 132 cm³/mol. The van der Waals surface area contributed by atoms with Gasteiger partial charge in [0.15, 0.2) is 18.1 Å². The van der Waals surface area contributed by atoms with Gasteiger partial charge in [-0.1, -0.05) is 6.92 Å². The molecule has 0 unspecified atom stereocenters. The number of aliphatic hydroxyl groups is 1. The summed E-state index contributed by atoms with van der Waals surface area (Å²) in [5.74, 6) is -7.91. The second kappa shape index (κ2) is 10.1. The van der Waals surface area contributed by atoms with Crippen LogP contribution in [-0.4, -0.2) is 86.7 Å². The number of hydrogen-bond donors (Lipinski definition) is 5. The molecule has 0 aliphatic carbocycles. The Kier molecular flexibility index (Phi) is 7.99. The molecular weight excluding hydrogens is 466 g/mol. The van der Waals surface area contributed by atoms with Crippen LogP contribution in [0.1, 0.15) is 29.0 Å². The molecule has 0 aliphatic heterocycles. The Balaban J connectivity index is 2.22. The molecule has 2 heterocycles. The van der Waals surface area contributed by atoms with E-state index < -0.39 is 52.7 Å². The zero-order chi connectivity index (χ0) is 26.8. The van der Waals surface area contributed by atoms with Crippen molar-refractivity contribution in [3.8, 4) is 5.88 Å². The van der Waals surface area contributed by atoms with Crippen LogP contribution < -0.4 is 21.5 Å². The Morgan fingerprint density at radius 1 is 1.29 bits per heavy atom. The molecule has 11 nitrogen and oxygen atoms in total. The van der Waals surface area contributed by atoms with E-state index in [1.165, 1.54) is 0 Å². The third kappa shape index (κ3) is 6.81. The Labute approximate surface area is 202 Å². The summed E-state index contributed by atoms with van der Waals surface area (Å²) in [4.78, 5) is 24.3. The van der Waals surface area contributed by atoms with Gasteiger partial charge in [-0.05, 0) is 12.1 Å². The SMILES string of the molecule is BC(B)(O)C(B)(B)Oc1cnc(C(=O)Nc2ccc(F)c([C@H](C)C(F)(F)COC(=N)N)n2)c(N)n1. The van der Waals surface area contributed by atoms with Crippen LogP contribution in [0.4, 0.5) is 24.8 Å². The molecule has 7 N–H and O–H groups in total. The first-order valence-corrected chi connectivity index (χ1v) is 10.3. The highest BCUT2D eigenvalue weighted by Gasteiger charge is 2.41. The monoisotopic (exact) mass is 491 g/mol. The van der Waals surface area contributed by atoms with Gasteiger partial charge in [0.05, 0.1) is 23.2 Å². The Bertz CT molecular complexity index is 1120. The first-order valence-electron chi connectivity index (χ1n) is 10.3. The zero-order valence-corrected chi connectivity index (χ0v) is 19.8. The number of aromatic nitrogens is 3. The van der Waals surface area contributed by atoms with Crippen molar-refractivity contribution in [1.29, 1.82) is 5.41 Å². The molecule has 1 atom stereocenters. The highest BCUT2D eigenvalue weighted by Crippen LogP contribution is 2.34. The maximum atomic E-state index is 14.4. The van der Waals surface area contributed by atoms with Crippen molar-refractivity contribution >= 4 is 54.9 Å². The molecular formula is C17H24B4F3N7O4. The molecule has 18 heteroatoms. The van der Waals surface area contributed by atoms with Gasteiger partial charge in [-0.3, -0.25) is 10.2 Å². The van der Waals surface area contributed by atoms with Gasteiger partial charge in [0.25, 0.3) is 17.9 Å². The molecule has 0 spiro atoms. The largest absolute Gasteiger partial charge is 0.488 e. The lowest BCUT2D eigenvalue weighted by atomic mass is 9.42. The molecule has 35 heavy (non-hydrogen) atoms. The minimum Gasteiger partial charge on any atom is -0.488 e. The van der Waals surface area contributed by atoms with E-state index in [0.717, 1.165) is 25.3 Å². The summed E-state index contributed by atoms with van der Waals surface area (Å²) in [5.41, 5.74) is 9.78. The van der Waals surface area contributed by atoms with Gasteiger partial charge in [0.1, 0.15) is 43.0 Å². The first kappa shape index (κ1) is 27.8. The van der Waals surface area contributed by atoms with Crippen molar-refractivity contribution in [2.24, 2.45) is 5.73 Å². The number of amidine groups is 1. The number of anilines is 2. The minimum atomic E-state index is -3.62. The summed E-state index contributed by atoms with van der Waals surface area (Å²) in [6.07, 6.45) is 1.12. The van der Waals surface area contributed by atoms with Crippen LogP contribution in [-0.2, 0) is 4.74 Å². The lowest BCUT2D eigenvalue weighted by Gasteiger charge is -2.38. The normalized spacial score (nSPS) is 13.1. The van der Waals surface area contributed by atoms with Crippen LogP contribution in [0.15, 0.2) is 18.3 Å². The number of nitrogens with two attached hydrogens (primary N) is 2. The molecule has 0 saturated carbocycles. The van der Waals surface area contributed by atoms with Crippen LogP contribution in [0.3, 0.4) is 0 Å². The zero-order valence-electron chi connectivity index (χ0n) is 19.8. The second-order valence-electron chi connectivity index (χ2n) is 8.77. The van der Waals surface area contributed by atoms with Crippen LogP contribution in [0.5, 0.6) is 5.88 Å². The molecule has 184 valence electrons. The summed E-state index contributed by atoms with van der Waals surface area (Å²) in [7, 11) is 6.34. The van der Waals surface area contributed by atoms with Gasteiger partial charge in [0, 0.05) is 5.40 Å². The number of hydrogen-bond acceptors (Lipinski definition) is 9. The van der Waals surface area contributed by atoms with Gasteiger partial charge >= 0.3 is 0 Å². The number of ether oxygens (including phenoxy) is 2. The van der Waals surface area contributed by atoms with Crippen LogP contribution >= 0.6 is 0 Å². The highest BCUT2D eigenvalue weighted by molar-refractivity contribution is 6.53. The van der Waals surface area contributed by atoms with E-state index in [1.54, 1.807) is 31.4 Å². The lowest BCUT2D eigenvalue weighted by molar-refractivity contribution is -0.0659. The van der Waals surface area contributed by atoms with E-state index in [0.29, 0.717) is 0 Å². The van der Waals surface area contributed by atoms with E-state index in [2.05, 4.69) is 25.0 Å². The number of amides is 1. The van der Waals surface area contributed by atoms with E-state index in [1.807, 2.05) is 0 Å². The summed E-state index contributed by atoms with van der Waals surface area (Å²) < 4.78 is 52.9. The third-order valence-corrected chi connectivity index (χ3v) is 5.40. The van der Waals surface area contributed by atoms with E-state index in [9.17, 15) is 23.1 Å². The Morgan fingerprint density at radius 2 is 1.91 bits per heavy atom. The number of carbonyl (C=O) groups is 1.